The number of hydrazine groups is 2. The molecule has 1 aliphatic heterocycles. The van der Waals surface area contributed by atoms with E-state index in [9.17, 15) is 6.63 Å². The number of aromatic nitrogens is 2. The molecular formula is C30H28ClFN8. The summed E-state index contributed by atoms with van der Waals surface area (Å²) in [7, 11) is 0. The van der Waals surface area contributed by atoms with Crippen molar-refractivity contribution in [3.05, 3.63) is 107 Å². The van der Waals surface area contributed by atoms with Gasteiger partial charge in [0.2, 0.25) is 5.95 Å². The van der Waals surface area contributed by atoms with Crippen LogP contribution in [0.25, 0.3) is 10.9 Å². The molecule has 0 amide bonds. The van der Waals surface area contributed by atoms with Crippen LogP contribution in [0.1, 0.15) is 56.3 Å². The van der Waals surface area contributed by atoms with Crippen molar-refractivity contribution in [3.63, 3.8) is 0 Å². The van der Waals surface area contributed by atoms with Gasteiger partial charge in [-0.1, -0.05) is 54.9 Å². The first-order valence-electron chi connectivity index (χ1n) is 13.7. The van der Waals surface area contributed by atoms with Crippen molar-refractivity contribution in [1.82, 2.24) is 25.9 Å². The van der Waals surface area contributed by atoms with E-state index in [0.29, 0.717) is 44.6 Å². The van der Waals surface area contributed by atoms with Gasteiger partial charge in [0.1, 0.15) is 6.07 Å². The summed E-state index contributed by atoms with van der Waals surface area (Å²) in [6.07, 6.45) is 7.47. The van der Waals surface area contributed by atoms with Gasteiger partial charge < -0.3 is 16.1 Å². The van der Waals surface area contributed by atoms with E-state index in [4.69, 9.17) is 11.6 Å². The molecule has 4 aromatic rings. The molecule has 3 heterocycles. The number of benzene rings is 2. The Bertz CT molecular complexity index is 1670. The fourth-order valence-corrected chi connectivity index (χ4v) is 5.12. The number of nitriles is 1. The number of pyridine rings is 2. The fraction of sp³-hybridized carbons (Fsp3) is 0.233. The molecule has 2 aromatic carbocycles. The Morgan fingerprint density at radius 3 is 2.75 bits per heavy atom. The largest absolute Gasteiger partial charge is 0.377 e. The van der Waals surface area contributed by atoms with Crippen LogP contribution in [0.4, 0.5) is 15.8 Å². The Labute approximate surface area is 238 Å². The average Bonchev–Trinajstić information content (AvgIpc) is 3.71. The number of halogens is 2. The minimum atomic E-state index is -1.80. The Morgan fingerprint density at radius 1 is 1.20 bits per heavy atom. The third kappa shape index (κ3) is 5.11. The molecule has 1 aliphatic carbocycles. The standard InChI is InChI=1S/C30H28ClFN8/c1-2-25(18-7-4-3-5-8-18)37-27-19(15-33)16-35-28-23(27)13-20(14-24(28)31)36-29(22-9-6-12-34-30(22)32)26-17-40(39-38-26)21-10-11-21/h3-9,12-14,16-17,21,25,29,36,38-39H,2,10-11H2,1H3,(H,35,37)/t25-,29-/m1/s1/i29D. The Balaban J connectivity index is 1.45. The van der Waals surface area contributed by atoms with Crippen LogP contribution in [-0.2, 0) is 0 Å². The first-order chi connectivity index (χ1) is 19.9. The molecule has 0 unspecified atom stereocenters. The van der Waals surface area contributed by atoms with Crippen LogP contribution in [0.3, 0.4) is 0 Å². The monoisotopic (exact) mass is 555 g/mol. The lowest BCUT2D eigenvalue weighted by atomic mass is 10.0. The number of anilines is 2. The molecule has 202 valence electrons. The van der Waals surface area contributed by atoms with Crippen LogP contribution in [0.5, 0.6) is 0 Å². The van der Waals surface area contributed by atoms with Gasteiger partial charge in [-0.2, -0.15) is 9.65 Å². The maximum Gasteiger partial charge on any atom is 0.218 e. The Hall–Kier alpha value is -4.39. The summed E-state index contributed by atoms with van der Waals surface area (Å²) in [6.45, 7) is 2.07. The molecular weight excluding hydrogens is 527 g/mol. The van der Waals surface area contributed by atoms with Gasteiger partial charge in [-0.15, -0.1) is 5.53 Å². The van der Waals surface area contributed by atoms with E-state index in [0.717, 1.165) is 24.8 Å². The topological polar surface area (TPSA) is 101 Å². The molecule has 8 nitrogen and oxygen atoms in total. The Morgan fingerprint density at radius 2 is 2.02 bits per heavy atom. The number of hydrogen-bond acceptors (Lipinski definition) is 8. The molecule has 2 aliphatic rings. The predicted molar refractivity (Wildman–Crippen MR) is 154 cm³/mol. The van der Waals surface area contributed by atoms with Gasteiger partial charge in [0, 0.05) is 41.3 Å². The lowest BCUT2D eigenvalue weighted by Crippen LogP contribution is -2.38. The number of rotatable bonds is 9. The lowest BCUT2D eigenvalue weighted by Gasteiger charge is -2.23. The van der Waals surface area contributed by atoms with Crippen molar-refractivity contribution in [2.24, 2.45) is 0 Å². The summed E-state index contributed by atoms with van der Waals surface area (Å²) in [5, 5.41) is 19.5. The molecule has 2 atom stereocenters. The lowest BCUT2D eigenvalue weighted by molar-refractivity contribution is 0.260. The van der Waals surface area contributed by atoms with Crippen LogP contribution in [-0.4, -0.2) is 21.0 Å². The third-order valence-electron chi connectivity index (χ3n) is 7.07. The zero-order chi connectivity index (χ0) is 28.6. The second-order valence-electron chi connectivity index (χ2n) is 9.79. The summed E-state index contributed by atoms with van der Waals surface area (Å²) in [5.41, 5.74) is 9.50. The molecule has 40 heavy (non-hydrogen) atoms. The highest BCUT2D eigenvalue weighted by atomic mass is 35.5. The smallest absolute Gasteiger partial charge is 0.218 e. The SMILES string of the molecule is [2H][C@](Nc1cc(Cl)c2ncc(C#N)c(N[C@H](CC)c3ccccc3)c2c1)(C1=CN(C2CC2)NN1)c1cccnc1F. The van der Waals surface area contributed by atoms with Gasteiger partial charge in [0.25, 0.3) is 0 Å². The van der Waals surface area contributed by atoms with E-state index < -0.39 is 12.0 Å². The first-order valence-corrected chi connectivity index (χ1v) is 13.5. The normalized spacial score (nSPS) is 17.3. The summed E-state index contributed by atoms with van der Waals surface area (Å²) >= 11 is 6.74. The molecule has 6 rings (SSSR count). The highest BCUT2D eigenvalue weighted by Crippen LogP contribution is 2.38. The van der Waals surface area contributed by atoms with Crippen molar-refractivity contribution in [3.8, 4) is 6.07 Å². The number of nitrogens with zero attached hydrogens (tertiary/aromatic N) is 4. The van der Waals surface area contributed by atoms with Gasteiger partial charge in [0.15, 0.2) is 0 Å². The molecule has 1 fully saturated rings. The van der Waals surface area contributed by atoms with Crippen molar-refractivity contribution < 1.29 is 5.76 Å². The maximum atomic E-state index is 15.1. The molecule has 1 saturated carbocycles. The minimum absolute atomic E-state index is 0.0341. The maximum absolute atomic E-state index is 15.1. The summed E-state index contributed by atoms with van der Waals surface area (Å²) in [5.74, 6) is -0.765. The van der Waals surface area contributed by atoms with Crippen LogP contribution in [0.15, 0.2) is 78.9 Å². The molecule has 2 aromatic heterocycles. The quantitative estimate of drug-likeness (QED) is 0.178. The van der Waals surface area contributed by atoms with E-state index in [1.54, 1.807) is 24.4 Å². The van der Waals surface area contributed by atoms with Crippen molar-refractivity contribution in [2.75, 3.05) is 10.6 Å². The molecule has 0 spiro atoms. The van der Waals surface area contributed by atoms with E-state index in [1.807, 2.05) is 35.3 Å². The second kappa shape index (κ2) is 11.0. The first kappa shape index (κ1) is 24.6. The highest BCUT2D eigenvalue weighted by molar-refractivity contribution is 6.35. The van der Waals surface area contributed by atoms with Crippen LogP contribution in [0, 0.1) is 17.3 Å². The van der Waals surface area contributed by atoms with Crippen LogP contribution >= 0.6 is 11.6 Å². The molecule has 0 bridgehead atoms. The number of fused-ring (bicyclic) bond motifs is 1. The van der Waals surface area contributed by atoms with Crippen molar-refractivity contribution in [2.45, 2.75) is 44.3 Å². The van der Waals surface area contributed by atoms with E-state index >= 15 is 4.39 Å². The van der Waals surface area contributed by atoms with E-state index in [-0.39, 0.29) is 11.6 Å². The zero-order valence-electron chi connectivity index (χ0n) is 22.7. The van der Waals surface area contributed by atoms with Gasteiger partial charge in [0.05, 0.1) is 40.9 Å². The van der Waals surface area contributed by atoms with Gasteiger partial charge in [-0.05, 0) is 43.0 Å². The fourth-order valence-electron chi connectivity index (χ4n) is 4.85. The summed E-state index contributed by atoms with van der Waals surface area (Å²) < 4.78 is 24.6. The molecule has 0 radical (unpaired) electrons. The second-order valence-corrected chi connectivity index (χ2v) is 10.2. The molecule has 10 heteroatoms. The van der Waals surface area contributed by atoms with Crippen LogP contribution < -0.4 is 21.6 Å². The Kier molecular flexibility index (Phi) is 6.78. The van der Waals surface area contributed by atoms with Crippen molar-refractivity contribution >= 4 is 33.9 Å². The van der Waals surface area contributed by atoms with Crippen LogP contribution in [0.2, 0.25) is 5.02 Å². The molecule has 4 N–H and O–H groups in total. The zero-order valence-corrected chi connectivity index (χ0v) is 22.5. The molecule has 0 saturated heterocycles. The highest BCUT2D eigenvalue weighted by Gasteiger charge is 2.33. The van der Waals surface area contributed by atoms with Gasteiger partial charge in [-0.25, -0.2) is 4.98 Å². The summed E-state index contributed by atoms with van der Waals surface area (Å²) in [6, 6.07) is 17.2. The van der Waals surface area contributed by atoms with E-state index in [1.165, 1.54) is 18.5 Å². The number of hydrogen-bond donors (Lipinski definition) is 4. The minimum Gasteiger partial charge on any atom is -0.377 e. The third-order valence-corrected chi connectivity index (χ3v) is 7.36. The van der Waals surface area contributed by atoms with Crippen molar-refractivity contribution in [1.29, 1.82) is 5.26 Å². The summed E-state index contributed by atoms with van der Waals surface area (Å²) in [4.78, 5) is 8.26. The van der Waals surface area contributed by atoms with E-state index in [2.05, 4.69) is 44.6 Å². The average molecular weight is 556 g/mol. The van der Waals surface area contributed by atoms with Gasteiger partial charge in [-0.3, -0.25) is 9.99 Å². The predicted octanol–water partition coefficient (Wildman–Crippen LogP) is 6.34. The number of nitrogens with one attached hydrogen (secondary N) is 4. The van der Waals surface area contributed by atoms with Gasteiger partial charge >= 0.3 is 0 Å².